The van der Waals surface area contributed by atoms with Gasteiger partial charge in [-0.1, -0.05) is 34.6 Å². The van der Waals surface area contributed by atoms with Gasteiger partial charge in [0.05, 0.1) is 0 Å². The molecular formula is C11H24O2. The van der Waals surface area contributed by atoms with Gasteiger partial charge in [0.1, 0.15) is 0 Å². The third-order valence-electron chi connectivity index (χ3n) is 2.05. The molecule has 2 heteroatoms. The topological polar surface area (TPSA) is 18.5 Å². The first-order valence-electron chi connectivity index (χ1n) is 4.78. The molecular weight excluding hydrogens is 164 g/mol. The Labute approximate surface area is 82.6 Å². The quantitative estimate of drug-likeness (QED) is 0.631. The van der Waals surface area contributed by atoms with E-state index in [1.165, 1.54) is 0 Å². The SMILES string of the molecule is COC(OC)C(C)(C)CC(C)(C)C. The van der Waals surface area contributed by atoms with Gasteiger partial charge in [0, 0.05) is 19.6 Å². The van der Waals surface area contributed by atoms with Gasteiger partial charge in [-0.3, -0.25) is 0 Å². The van der Waals surface area contributed by atoms with Crippen LogP contribution in [0.1, 0.15) is 41.0 Å². The maximum absolute atomic E-state index is 5.29. The molecule has 0 spiro atoms. The predicted octanol–water partition coefficient (Wildman–Crippen LogP) is 3.07. The van der Waals surface area contributed by atoms with Crippen molar-refractivity contribution in [2.45, 2.75) is 47.3 Å². The molecule has 0 unspecified atom stereocenters. The highest BCUT2D eigenvalue weighted by Crippen LogP contribution is 2.36. The summed E-state index contributed by atoms with van der Waals surface area (Å²) < 4.78 is 10.6. The highest BCUT2D eigenvalue weighted by Gasteiger charge is 2.33. The van der Waals surface area contributed by atoms with Crippen molar-refractivity contribution in [1.29, 1.82) is 0 Å². The first-order chi connectivity index (χ1) is 5.73. The summed E-state index contributed by atoms with van der Waals surface area (Å²) in [4.78, 5) is 0. The molecule has 0 aromatic rings. The summed E-state index contributed by atoms with van der Waals surface area (Å²) in [6, 6.07) is 0. The number of hydrogen-bond acceptors (Lipinski definition) is 2. The molecule has 0 bridgehead atoms. The lowest BCUT2D eigenvalue weighted by atomic mass is 9.76. The molecule has 0 aromatic carbocycles. The molecule has 80 valence electrons. The largest absolute Gasteiger partial charge is 0.355 e. The lowest BCUT2D eigenvalue weighted by molar-refractivity contribution is -0.175. The highest BCUT2D eigenvalue weighted by atomic mass is 16.7. The minimum atomic E-state index is -0.119. The van der Waals surface area contributed by atoms with Crippen molar-refractivity contribution >= 4 is 0 Å². The van der Waals surface area contributed by atoms with Crippen LogP contribution in [-0.4, -0.2) is 20.5 Å². The predicted molar refractivity (Wildman–Crippen MR) is 55.7 cm³/mol. The standard InChI is InChI=1S/C11H24O2/c1-10(2,3)8-11(4,5)9(12-6)13-7/h9H,8H2,1-7H3. The summed E-state index contributed by atoms with van der Waals surface area (Å²) in [7, 11) is 3.39. The molecule has 0 aliphatic carbocycles. The summed E-state index contributed by atoms with van der Waals surface area (Å²) in [5.74, 6) is 0. The Hall–Kier alpha value is -0.0800. The van der Waals surface area contributed by atoms with Gasteiger partial charge in [0.2, 0.25) is 0 Å². The van der Waals surface area contributed by atoms with Gasteiger partial charge in [-0.2, -0.15) is 0 Å². The molecule has 0 amide bonds. The average molecular weight is 188 g/mol. The molecule has 0 radical (unpaired) electrons. The zero-order valence-corrected chi connectivity index (χ0v) is 10.1. The van der Waals surface area contributed by atoms with E-state index in [1.807, 2.05) is 0 Å². The molecule has 13 heavy (non-hydrogen) atoms. The van der Waals surface area contributed by atoms with Crippen molar-refractivity contribution in [3.63, 3.8) is 0 Å². The summed E-state index contributed by atoms with van der Waals surface area (Å²) in [5.41, 5.74) is 0.362. The van der Waals surface area contributed by atoms with Gasteiger partial charge in [-0.25, -0.2) is 0 Å². The van der Waals surface area contributed by atoms with Gasteiger partial charge in [-0.15, -0.1) is 0 Å². The van der Waals surface area contributed by atoms with E-state index in [0.29, 0.717) is 5.41 Å². The maximum atomic E-state index is 5.29. The van der Waals surface area contributed by atoms with Crippen molar-refractivity contribution in [3.8, 4) is 0 Å². The van der Waals surface area contributed by atoms with Gasteiger partial charge in [-0.05, 0) is 11.8 Å². The highest BCUT2D eigenvalue weighted by molar-refractivity contribution is 4.79. The zero-order valence-electron chi connectivity index (χ0n) is 10.1. The maximum Gasteiger partial charge on any atom is 0.161 e. The number of ether oxygens (including phenoxy) is 2. The van der Waals surface area contributed by atoms with Crippen LogP contribution in [0.4, 0.5) is 0 Å². The van der Waals surface area contributed by atoms with Gasteiger partial charge in [0.25, 0.3) is 0 Å². The monoisotopic (exact) mass is 188 g/mol. The van der Waals surface area contributed by atoms with E-state index in [-0.39, 0.29) is 11.7 Å². The second-order valence-corrected chi connectivity index (χ2v) is 5.53. The van der Waals surface area contributed by atoms with Crippen LogP contribution in [0.5, 0.6) is 0 Å². The van der Waals surface area contributed by atoms with E-state index in [1.54, 1.807) is 14.2 Å². The molecule has 0 atom stereocenters. The minimum absolute atomic E-state index is 0.0573. The normalized spacial score (nSPS) is 13.8. The van der Waals surface area contributed by atoms with Gasteiger partial charge >= 0.3 is 0 Å². The van der Waals surface area contributed by atoms with Gasteiger partial charge < -0.3 is 9.47 Å². The molecule has 0 aliphatic heterocycles. The van der Waals surface area contributed by atoms with Crippen molar-refractivity contribution in [3.05, 3.63) is 0 Å². The lowest BCUT2D eigenvalue weighted by Gasteiger charge is -2.37. The first kappa shape index (κ1) is 12.9. The first-order valence-corrected chi connectivity index (χ1v) is 4.78. The molecule has 0 saturated heterocycles. The smallest absolute Gasteiger partial charge is 0.161 e. The molecule has 0 N–H and O–H groups in total. The van der Waals surface area contributed by atoms with Crippen LogP contribution in [0.2, 0.25) is 0 Å². The Kier molecular flexibility index (Phi) is 4.40. The fourth-order valence-electron chi connectivity index (χ4n) is 2.18. The summed E-state index contributed by atoms with van der Waals surface area (Å²) in [5, 5.41) is 0. The molecule has 0 aliphatic rings. The fourth-order valence-corrected chi connectivity index (χ4v) is 2.18. The fraction of sp³-hybridized carbons (Fsp3) is 1.00. The molecule has 0 fully saturated rings. The zero-order chi connectivity index (χ0) is 10.7. The minimum Gasteiger partial charge on any atom is -0.355 e. The Bertz CT molecular complexity index is 141. The van der Waals surface area contributed by atoms with E-state index < -0.39 is 0 Å². The Balaban J connectivity index is 4.36. The molecule has 0 heterocycles. The van der Waals surface area contributed by atoms with E-state index in [9.17, 15) is 0 Å². The van der Waals surface area contributed by atoms with Gasteiger partial charge in [0.15, 0.2) is 6.29 Å². The molecule has 0 aromatic heterocycles. The van der Waals surface area contributed by atoms with E-state index in [0.717, 1.165) is 6.42 Å². The lowest BCUT2D eigenvalue weighted by Crippen LogP contribution is -2.36. The third kappa shape index (κ3) is 4.63. The summed E-state index contributed by atoms with van der Waals surface area (Å²) in [6.45, 7) is 11.1. The van der Waals surface area contributed by atoms with Crippen LogP contribution in [0.3, 0.4) is 0 Å². The summed E-state index contributed by atoms with van der Waals surface area (Å²) in [6.07, 6.45) is 0.957. The van der Waals surface area contributed by atoms with E-state index in [2.05, 4.69) is 34.6 Å². The van der Waals surface area contributed by atoms with Crippen molar-refractivity contribution < 1.29 is 9.47 Å². The molecule has 0 rings (SSSR count). The second kappa shape index (κ2) is 4.43. The summed E-state index contributed by atoms with van der Waals surface area (Å²) >= 11 is 0. The van der Waals surface area contributed by atoms with E-state index in [4.69, 9.17) is 9.47 Å². The number of methoxy groups -OCH3 is 2. The number of rotatable bonds is 4. The third-order valence-corrected chi connectivity index (χ3v) is 2.05. The van der Waals surface area contributed by atoms with Crippen molar-refractivity contribution in [2.24, 2.45) is 10.8 Å². The van der Waals surface area contributed by atoms with Crippen LogP contribution >= 0.6 is 0 Å². The number of hydrogen-bond donors (Lipinski definition) is 0. The van der Waals surface area contributed by atoms with Crippen LogP contribution in [0, 0.1) is 10.8 Å². The van der Waals surface area contributed by atoms with Crippen LogP contribution < -0.4 is 0 Å². The van der Waals surface area contributed by atoms with E-state index >= 15 is 0 Å². The van der Waals surface area contributed by atoms with Crippen molar-refractivity contribution in [1.82, 2.24) is 0 Å². The molecule has 0 saturated carbocycles. The second-order valence-electron chi connectivity index (χ2n) is 5.53. The van der Waals surface area contributed by atoms with Crippen LogP contribution in [-0.2, 0) is 9.47 Å². The Morgan fingerprint density at radius 3 is 1.54 bits per heavy atom. The Morgan fingerprint density at radius 1 is 0.923 bits per heavy atom. The van der Waals surface area contributed by atoms with Crippen LogP contribution in [0.25, 0.3) is 0 Å². The Morgan fingerprint density at radius 2 is 1.31 bits per heavy atom. The molecule has 2 nitrogen and oxygen atoms in total. The van der Waals surface area contributed by atoms with Crippen LogP contribution in [0.15, 0.2) is 0 Å². The average Bonchev–Trinajstić information content (AvgIpc) is 1.83. The van der Waals surface area contributed by atoms with Crippen molar-refractivity contribution in [2.75, 3.05) is 14.2 Å².